The first-order valence-electron chi connectivity index (χ1n) is 7.51. The third kappa shape index (κ3) is 2.67. The van der Waals surface area contributed by atoms with E-state index < -0.39 is 0 Å². The molecule has 0 saturated heterocycles. The van der Waals surface area contributed by atoms with Gasteiger partial charge in [-0.2, -0.15) is 0 Å². The quantitative estimate of drug-likeness (QED) is 0.933. The minimum absolute atomic E-state index is 0.364. The highest BCUT2D eigenvalue weighted by Gasteiger charge is 2.37. The second-order valence-electron chi connectivity index (χ2n) is 5.74. The van der Waals surface area contributed by atoms with Gasteiger partial charge in [-0.15, -0.1) is 0 Å². The number of hydrogen-bond donors (Lipinski definition) is 1. The van der Waals surface area contributed by atoms with E-state index in [0.717, 1.165) is 12.3 Å². The van der Waals surface area contributed by atoms with E-state index in [4.69, 9.17) is 9.47 Å². The Morgan fingerprint density at radius 1 is 1.05 bits per heavy atom. The zero-order valence-corrected chi connectivity index (χ0v) is 11.9. The fourth-order valence-corrected chi connectivity index (χ4v) is 3.05. The van der Waals surface area contributed by atoms with Gasteiger partial charge in [0.1, 0.15) is 5.75 Å². The Balaban J connectivity index is 1.40. The Kier molecular flexibility index (Phi) is 3.37. The lowest BCUT2D eigenvalue weighted by molar-refractivity contribution is -0.0168. The maximum atomic E-state index is 5.53. The third-order valence-electron chi connectivity index (χ3n) is 4.35. The summed E-state index contributed by atoms with van der Waals surface area (Å²) in [6.07, 6.45) is 1.23. The van der Waals surface area contributed by atoms with E-state index in [2.05, 4.69) is 47.8 Å². The van der Waals surface area contributed by atoms with E-state index in [1.165, 1.54) is 23.1 Å². The lowest BCUT2D eigenvalue weighted by Crippen LogP contribution is -2.20. The number of rotatable bonds is 4. The maximum absolute atomic E-state index is 5.53. The Hall–Kier alpha value is -1.84. The van der Waals surface area contributed by atoms with Crippen LogP contribution >= 0.6 is 0 Å². The van der Waals surface area contributed by atoms with Crippen molar-refractivity contribution in [1.29, 1.82) is 0 Å². The van der Waals surface area contributed by atoms with Crippen LogP contribution in [0.25, 0.3) is 0 Å². The van der Waals surface area contributed by atoms with Gasteiger partial charge in [-0.1, -0.05) is 42.5 Å². The van der Waals surface area contributed by atoms with Gasteiger partial charge >= 0.3 is 0 Å². The molecule has 21 heavy (non-hydrogen) atoms. The first-order valence-corrected chi connectivity index (χ1v) is 7.51. The van der Waals surface area contributed by atoms with Crippen molar-refractivity contribution in [3.63, 3.8) is 0 Å². The summed E-state index contributed by atoms with van der Waals surface area (Å²) in [6, 6.07) is 17.6. The van der Waals surface area contributed by atoms with E-state index in [1.807, 2.05) is 6.07 Å². The van der Waals surface area contributed by atoms with Gasteiger partial charge in [0, 0.05) is 24.1 Å². The molecule has 1 heterocycles. The van der Waals surface area contributed by atoms with Crippen molar-refractivity contribution in [3.05, 3.63) is 65.2 Å². The Bertz CT molecular complexity index is 626. The van der Waals surface area contributed by atoms with Gasteiger partial charge in [0.2, 0.25) is 0 Å². The monoisotopic (exact) mass is 281 g/mol. The number of hydrogen-bond acceptors (Lipinski definition) is 3. The van der Waals surface area contributed by atoms with Gasteiger partial charge in [0.15, 0.2) is 6.79 Å². The van der Waals surface area contributed by atoms with Crippen molar-refractivity contribution in [2.24, 2.45) is 0 Å². The van der Waals surface area contributed by atoms with Crippen LogP contribution in [0.1, 0.15) is 29.0 Å². The van der Waals surface area contributed by atoms with Gasteiger partial charge in [-0.05, 0) is 23.6 Å². The molecule has 1 fully saturated rings. The van der Waals surface area contributed by atoms with E-state index in [1.54, 1.807) is 0 Å². The summed E-state index contributed by atoms with van der Waals surface area (Å²) in [6.45, 7) is 1.90. The van der Waals surface area contributed by atoms with Crippen LogP contribution in [0.5, 0.6) is 5.75 Å². The highest BCUT2D eigenvalue weighted by Crippen LogP contribution is 2.41. The summed E-state index contributed by atoms with van der Waals surface area (Å²) < 4.78 is 10.9. The van der Waals surface area contributed by atoms with Gasteiger partial charge in [0.05, 0.1) is 6.61 Å². The molecule has 1 N–H and O–H groups in total. The molecule has 0 aromatic heterocycles. The lowest BCUT2D eigenvalue weighted by atomic mass is 10.1. The molecule has 2 aliphatic rings. The van der Waals surface area contributed by atoms with Crippen LogP contribution < -0.4 is 10.1 Å². The highest BCUT2D eigenvalue weighted by atomic mass is 16.7. The molecule has 3 heteroatoms. The number of fused-ring (bicyclic) bond motifs is 1. The summed E-state index contributed by atoms with van der Waals surface area (Å²) in [5, 5.41) is 3.66. The molecule has 1 aliphatic carbocycles. The summed E-state index contributed by atoms with van der Waals surface area (Å²) in [7, 11) is 0. The van der Waals surface area contributed by atoms with Crippen molar-refractivity contribution in [2.45, 2.75) is 31.5 Å². The second-order valence-corrected chi connectivity index (χ2v) is 5.74. The van der Waals surface area contributed by atoms with E-state index in [0.29, 0.717) is 25.4 Å². The van der Waals surface area contributed by atoms with Crippen LogP contribution in [-0.2, 0) is 17.9 Å². The molecule has 108 valence electrons. The number of benzene rings is 2. The first-order chi connectivity index (χ1) is 10.4. The molecule has 0 radical (unpaired) electrons. The second kappa shape index (κ2) is 5.51. The first kappa shape index (κ1) is 12.9. The largest absolute Gasteiger partial charge is 0.467 e. The van der Waals surface area contributed by atoms with Gasteiger partial charge in [-0.25, -0.2) is 0 Å². The summed E-state index contributed by atoms with van der Waals surface area (Å²) in [4.78, 5) is 0. The van der Waals surface area contributed by atoms with Crippen LogP contribution in [-0.4, -0.2) is 12.8 Å². The fraction of sp³-hybridized carbons (Fsp3) is 0.333. The smallest absolute Gasteiger partial charge is 0.189 e. The summed E-state index contributed by atoms with van der Waals surface area (Å²) in [5.74, 6) is 1.63. The van der Waals surface area contributed by atoms with E-state index >= 15 is 0 Å². The minimum atomic E-state index is 0.364. The normalized spacial score (nSPS) is 23.2. The molecule has 0 bridgehead atoms. The zero-order valence-electron chi connectivity index (χ0n) is 11.9. The maximum Gasteiger partial charge on any atom is 0.189 e. The van der Waals surface area contributed by atoms with Gasteiger partial charge in [-0.3, -0.25) is 0 Å². The van der Waals surface area contributed by atoms with Crippen molar-refractivity contribution in [3.8, 4) is 5.75 Å². The molecule has 4 rings (SSSR count). The molecule has 1 aliphatic heterocycles. The van der Waals surface area contributed by atoms with Crippen molar-refractivity contribution < 1.29 is 9.47 Å². The van der Waals surface area contributed by atoms with Crippen molar-refractivity contribution >= 4 is 0 Å². The van der Waals surface area contributed by atoms with E-state index in [-0.39, 0.29) is 0 Å². The van der Waals surface area contributed by atoms with E-state index in [9.17, 15) is 0 Å². The molecule has 2 aromatic carbocycles. The Morgan fingerprint density at radius 3 is 2.86 bits per heavy atom. The average Bonchev–Trinajstić information content (AvgIpc) is 3.33. The minimum Gasteiger partial charge on any atom is -0.467 e. The molecular weight excluding hydrogens is 262 g/mol. The van der Waals surface area contributed by atoms with Crippen LogP contribution in [0.4, 0.5) is 0 Å². The molecule has 2 atom stereocenters. The lowest BCUT2D eigenvalue weighted by Gasteiger charge is -2.20. The summed E-state index contributed by atoms with van der Waals surface area (Å²) >= 11 is 0. The predicted molar refractivity (Wildman–Crippen MR) is 81.2 cm³/mol. The third-order valence-corrected chi connectivity index (χ3v) is 4.35. The fourth-order valence-electron chi connectivity index (χ4n) is 3.05. The van der Waals surface area contributed by atoms with Crippen LogP contribution in [0.15, 0.2) is 48.5 Å². The zero-order chi connectivity index (χ0) is 14.1. The molecular formula is C18H19NO2. The van der Waals surface area contributed by atoms with Crippen LogP contribution in [0.2, 0.25) is 0 Å². The topological polar surface area (TPSA) is 30.5 Å². The van der Waals surface area contributed by atoms with Crippen molar-refractivity contribution in [1.82, 2.24) is 5.32 Å². The molecule has 3 nitrogen and oxygen atoms in total. The molecule has 0 spiro atoms. The Labute approximate surface area is 124 Å². The molecule has 1 saturated carbocycles. The number of ether oxygens (including phenoxy) is 2. The SMILES string of the molecule is c1ccc([C@@H]2C[C@H]2NCc2cccc3c2COCO3)cc1. The van der Waals surface area contributed by atoms with Gasteiger partial charge in [0.25, 0.3) is 0 Å². The van der Waals surface area contributed by atoms with Gasteiger partial charge < -0.3 is 14.8 Å². The van der Waals surface area contributed by atoms with Crippen molar-refractivity contribution in [2.75, 3.05) is 6.79 Å². The van der Waals surface area contributed by atoms with Crippen LogP contribution in [0.3, 0.4) is 0 Å². The standard InChI is InChI=1S/C18H19NO2/c1-2-5-13(6-3-1)15-9-17(15)19-10-14-7-4-8-18-16(14)11-20-12-21-18/h1-8,15,17,19H,9-12H2/t15-,17+/m0/s1. The summed E-state index contributed by atoms with van der Waals surface area (Å²) in [5.41, 5.74) is 3.91. The molecule has 2 aromatic rings. The molecule has 0 amide bonds. The van der Waals surface area contributed by atoms with Crippen LogP contribution in [0, 0.1) is 0 Å². The predicted octanol–water partition coefficient (Wildman–Crippen LogP) is 3.20. The number of nitrogens with one attached hydrogen (secondary N) is 1. The highest BCUT2D eigenvalue weighted by molar-refractivity contribution is 5.40. The Morgan fingerprint density at radius 2 is 1.95 bits per heavy atom. The molecule has 0 unspecified atom stereocenters. The average molecular weight is 281 g/mol.